The molecule has 128 valence electrons. The van der Waals surface area contributed by atoms with Gasteiger partial charge in [0.2, 0.25) is 17.6 Å². The molecule has 0 bridgehead atoms. The summed E-state index contributed by atoms with van der Waals surface area (Å²) >= 11 is 0. The molecule has 1 amide bonds. The molecule has 1 saturated heterocycles. The number of piperazine rings is 1. The molecule has 1 unspecified atom stereocenters. The fraction of sp³-hybridized carbons (Fsp3) is 0.471. The van der Waals surface area contributed by atoms with Gasteiger partial charge in [0, 0.05) is 31.7 Å². The van der Waals surface area contributed by atoms with Crippen molar-refractivity contribution in [3.63, 3.8) is 0 Å². The zero-order valence-electron chi connectivity index (χ0n) is 14.1. The molecule has 0 saturated carbocycles. The molecule has 1 fully saturated rings. The number of nitrogens with zero attached hydrogens (tertiary/aromatic N) is 4. The first-order chi connectivity index (χ1) is 11.5. The Labute approximate surface area is 141 Å². The number of carbonyl (C=O) groups excluding carboxylic acids is 1. The molecule has 0 aliphatic carbocycles. The van der Waals surface area contributed by atoms with Crippen molar-refractivity contribution in [1.29, 1.82) is 0 Å². The van der Waals surface area contributed by atoms with Crippen molar-refractivity contribution in [2.45, 2.75) is 26.4 Å². The van der Waals surface area contributed by atoms with Crippen LogP contribution in [0.5, 0.6) is 0 Å². The van der Waals surface area contributed by atoms with Gasteiger partial charge in [0.05, 0.1) is 12.6 Å². The minimum absolute atomic E-state index is 0.00842. The summed E-state index contributed by atoms with van der Waals surface area (Å²) in [6.45, 7) is 7.28. The number of aryl methyl sites for hydroxylation is 1. The molecule has 2 aromatic rings. The van der Waals surface area contributed by atoms with Crippen molar-refractivity contribution in [2.75, 3.05) is 26.2 Å². The van der Waals surface area contributed by atoms with E-state index in [1.165, 1.54) is 5.56 Å². The van der Waals surface area contributed by atoms with E-state index in [1.54, 1.807) is 6.92 Å². The van der Waals surface area contributed by atoms with Crippen LogP contribution >= 0.6 is 0 Å². The fourth-order valence-corrected chi connectivity index (χ4v) is 2.74. The average molecular weight is 329 g/mol. The Morgan fingerprint density at radius 3 is 2.54 bits per heavy atom. The number of amides is 1. The Bertz CT molecular complexity index is 687. The van der Waals surface area contributed by atoms with Gasteiger partial charge in [0.15, 0.2) is 0 Å². The Morgan fingerprint density at radius 2 is 1.92 bits per heavy atom. The average Bonchev–Trinajstić information content (AvgIpc) is 3.04. The second kappa shape index (κ2) is 7.11. The molecular formula is C17H23N5O2. The van der Waals surface area contributed by atoms with Gasteiger partial charge in [-0.1, -0.05) is 35.0 Å². The van der Waals surface area contributed by atoms with Crippen molar-refractivity contribution < 1.29 is 9.32 Å². The van der Waals surface area contributed by atoms with E-state index in [1.807, 2.05) is 36.1 Å². The third kappa shape index (κ3) is 3.80. The van der Waals surface area contributed by atoms with E-state index in [-0.39, 0.29) is 5.91 Å². The topological polar surface area (TPSA) is 88.5 Å². The Kier molecular flexibility index (Phi) is 4.92. The van der Waals surface area contributed by atoms with Gasteiger partial charge in [0.1, 0.15) is 0 Å². The number of hydrogen-bond acceptors (Lipinski definition) is 6. The maximum atomic E-state index is 11.9. The molecule has 1 aromatic carbocycles. The standard InChI is InChI=1S/C17H23N5O2/c1-12-3-5-14(6-4-12)16-19-15(24-20-16)11-21-7-9-22(10-8-21)17(23)13(2)18/h3-6,13H,7-11,18H2,1-2H3. The molecule has 24 heavy (non-hydrogen) atoms. The summed E-state index contributed by atoms with van der Waals surface area (Å²) in [5.74, 6) is 1.21. The van der Waals surface area contributed by atoms with Crippen LogP contribution in [0.1, 0.15) is 18.4 Å². The first kappa shape index (κ1) is 16.6. The van der Waals surface area contributed by atoms with Gasteiger partial charge in [-0.2, -0.15) is 4.98 Å². The van der Waals surface area contributed by atoms with Gasteiger partial charge in [-0.15, -0.1) is 0 Å². The number of hydrogen-bond donors (Lipinski definition) is 1. The smallest absolute Gasteiger partial charge is 0.241 e. The zero-order valence-corrected chi connectivity index (χ0v) is 14.1. The Morgan fingerprint density at radius 1 is 1.25 bits per heavy atom. The fourth-order valence-electron chi connectivity index (χ4n) is 2.74. The highest BCUT2D eigenvalue weighted by Crippen LogP contribution is 2.17. The van der Waals surface area contributed by atoms with E-state index in [4.69, 9.17) is 10.3 Å². The number of aromatic nitrogens is 2. The quantitative estimate of drug-likeness (QED) is 0.901. The van der Waals surface area contributed by atoms with Crippen LogP contribution in [0.25, 0.3) is 11.4 Å². The molecule has 7 heteroatoms. The number of benzene rings is 1. The lowest BCUT2D eigenvalue weighted by molar-refractivity contribution is -0.134. The molecule has 1 atom stereocenters. The molecule has 1 aliphatic rings. The van der Waals surface area contributed by atoms with Crippen LogP contribution in [-0.4, -0.2) is 58.1 Å². The van der Waals surface area contributed by atoms with E-state index >= 15 is 0 Å². The van der Waals surface area contributed by atoms with Crippen LogP contribution in [-0.2, 0) is 11.3 Å². The summed E-state index contributed by atoms with van der Waals surface area (Å²) < 4.78 is 5.36. The first-order valence-electron chi connectivity index (χ1n) is 8.19. The van der Waals surface area contributed by atoms with Crippen molar-refractivity contribution in [3.05, 3.63) is 35.7 Å². The Balaban J connectivity index is 1.56. The summed E-state index contributed by atoms with van der Waals surface area (Å²) in [5, 5.41) is 4.05. The third-order valence-corrected chi connectivity index (χ3v) is 4.21. The highest BCUT2D eigenvalue weighted by molar-refractivity contribution is 5.81. The number of rotatable bonds is 4. The number of nitrogens with two attached hydrogens (primary N) is 1. The summed E-state index contributed by atoms with van der Waals surface area (Å²) in [5.41, 5.74) is 7.80. The summed E-state index contributed by atoms with van der Waals surface area (Å²) in [4.78, 5) is 20.4. The second-order valence-electron chi connectivity index (χ2n) is 6.27. The monoisotopic (exact) mass is 329 g/mol. The summed E-state index contributed by atoms with van der Waals surface area (Å²) in [6.07, 6.45) is 0. The van der Waals surface area contributed by atoms with Crippen LogP contribution < -0.4 is 5.73 Å². The van der Waals surface area contributed by atoms with Gasteiger partial charge in [-0.25, -0.2) is 0 Å². The van der Waals surface area contributed by atoms with Gasteiger partial charge in [-0.05, 0) is 13.8 Å². The van der Waals surface area contributed by atoms with Crippen LogP contribution in [0, 0.1) is 6.92 Å². The zero-order chi connectivity index (χ0) is 17.1. The van der Waals surface area contributed by atoms with E-state index in [9.17, 15) is 4.79 Å². The normalized spacial score (nSPS) is 17.0. The van der Waals surface area contributed by atoms with Crippen molar-refractivity contribution in [2.24, 2.45) is 5.73 Å². The highest BCUT2D eigenvalue weighted by Gasteiger charge is 2.24. The van der Waals surface area contributed by atoms with Crippen molar-refractivity contribution in [1.82, 2.24) is 19.9 Å². The second-order valence-corrected chi connectivity index (χ2v) is 6.27. The van der Waals surface area contributed by atoms with Crippen LogP contribution in [0.2, 0.25) is 0 Å². The molecule has 2 heterocycles. The first-order valence-corrected chi connectivity index (χ1v) is 8.19. The van der Waals surface area contributed by atoms with Gasteiger partial charge >= 0.3 is 0 Å². The third-order valence-electron chi connectivity index (χ3n) is 4.21. The minimum atomic E-state index is -0.440. The molecule has 2 N–H and O–H groups in total. The molecule has 0 radical (unpaired) electrons. The van der Waals surface area contributed by atoms with E-state index < -0.39 is 6.04 Å². The molecule has 0 spiro atoms. The Hall–Kier alpha value is -2.25. The summed E-state index contributed by atoms with van der Waals surface area (Å²) in [6, 6.07) is 7.59. The summed E-state index contributed by atoms with van der Waals surface area (Å²) in [7, 11) is 0. The van der Waals surface area contributed by atoms with Crippen LogP contribution in [0.3, 0.4) is 0 Å². The van der Waals surface area contributed by atoms with E-state index in [2.05, 4.69) is 15.0 Å². The van der Waals surface area contributed by atoms with Gasteiger partial charge < -0.3 is 15.2 Å². The van der Waals surface area contributed by atoms with Gasteiger partial charge in [0.25, 0.3) is 0 Å². The lowest BCUT2D eigenvalue weighted by Crippen LogP contribution is -2.52. The molecular weight excluding hydrogens is 306 g/mol. The largest absolute Gasteiger partial charge is 0.339 e. The number of carbonyl (C=O) groups is 1. The lowest BCUT2D eigenvalue weighted by atomic mass is 10.1. The highest BCUT2D eigenvalue weighted by atomic mass is 16.5. The molecule has 1 aliphatic heterocycles. The molecule has 3 rings (SSSR count). The molecule has 1 aromatic heterocycles. The van der Waals surface area contributed by atoms with Crippen molar-refractivity contribution >= 4 is 5.91 Å². The maximum absolute atomic E-state index is 11.9. The SMILES string of the molecule is Cc1ccc(-c2noc(CN3CCN(C(=O)C(C)N)CC3)n2)cc1. The maximum Gasteiger partial charge on any atom is 0.241 e. The van der Waals surface area contributed by atoms with E-state index in [0.29, 0.717) is 31.3 Å². The van der Waals surface area contributed by atoms with Crippen LogP contribution in [0.15, 0.2) is 28.8 Å². The predicted octanol–water partition coefficient (Wildman–Crippen LogP) is 1.04. The van der Waals surface area contributed by atoms with Crippen molar-refractivity contribution in [3.8, 4) is 11.4 Å². The van der Waals surface area contributed by atoms with Gasteiger partial charge in [-0.3, -0.25) is 9.69 Å². The lowest BCUT2D eigenvalue weighted by Gasteiger charge is -2.34. The van der Waals surface area contributed by atoms with E-state index in [0.717, 1.165) is 18.7 Å². The minimum Gasteiger partial charge on any atom is -0.339 e. The predicted molar refractivity (Wildman–Crippen MR) is 90.0 cm³/mol. The van der Waals surface area contributed by atoms with Crippen LogP contribution in [0.4, 0.5) is 0 Å². The molecule has 7 nitrogen and oxygen atoms in total.